The van der Waals surface area contributed by atoms with Crippen LogP contribution in [0.4, 0.5) is 5.13 Å². The smallest absolute Gasteiger partial charge is 0.350 e. The maximum atomic E-state index is 12.3. The first-order valence-electron chi connectivity index (χ1n) is 7.35. The van der Waals surface area contributed by atoms with Crippen LogP contribution < -0.4 is 5.32 Å². The van der Waals surface area contributed by atoms with E-state index in [-0.39, 0.29) is 11.9 Å². The van der Waals surface area contributed by atoms with E-state index in [1.165, 1.54) is 0 Å². The number of hydrogen-bond donors (Lipinski definition) is 1. The molecule has 8 heteroatoms. The van der Waals surface area contributed by atoms with E-state index in [1.807, 2.05) is 20.8 Å². The van der Waals surface area contributed by atoms with Crippen LogP contribution in [-0.2, 0) is 4.74 Å². The number of carbonyl (C=O) groups is 2. The van der Waals surface area contributed by atoms with Crippen molar-refractivity contribution in [1.82, 2.24) is 14.8 Å². The number of anilines is 1. The van der Waals surface area contributed by atoms with Crippen molar-refractivity contribution in [3.05, 3.63) is 28.0 Å². The van der Waals surface area contributed by atoms with Crippen LogP contribution >= 0.6 is 11.3 Å². The Morgan fingerprint density at radius 1 is 1.39 bits per heavy atom. The molecule has 0 bridgehead atoms. The summed E-state index contributed by atoms with van der Waals surface area (Å²) in [5.74, 6) is -0.778. The van der Waals surface area contributed by atoms with Crippen molar-refractivity contribution in [1.29, 1.82) is 0 Å². The Morgan fingerprint density at radius 3 is 2.65 bits per heavy atom. The molecule has 2 heterocycles. The summed E-state index contributed by atoms with van der Waals surface area (Å²) >= 11 is 1.10. The molecule has 0 aliphatic heterocycles. The quantitative estimate of drug-likeness (QED) is 0.848. The van der Waals surface area contributed by atoms with Crippen molar-refractivity contribution >= 4 is 28.3 Å². The van der Waals surface area contributed by atoms with Gasteiger partial charge in [0.1, 0.15) is 4.88 Å². The monoisotopic (exact) mass is 336 g/mol. The maximum Gasteiger partial charge on any atom is 0.350 e. The van der Waals surface area contributed by atoms with E-state index < -0.39 is 5.97 Å². The molecule has 0 aliphatic carbocycles. The Morgan fingerprint density at radius 2 is 2.09 bits per heavy atom. The van der Waals surface area contributed by atoms with Crippen molar-refractivity contribution in [3.8, 4) is 0 Å². The highest BCUT2D eigenvalue weighted by atomic mass is 32.1. The van der Waals surface area contributed by atoms with Gasteiger partial charge in [0.05, 0.1) is 12.3 Å². The number of rotatable bonds is 5. The van der Waals surface area contributed by atoms with Gasteiger partial charge in [0, 0.05) is 11.7 Å². The minimum absolute atomic E-state index is 0.175. The summed E-state index contributed by atoms with van der Waals surface area (Å²) in [5, 5.41) is 7.32. The number of nitrogens with one attached hydrogen (secondary N) is 1. The van der Waals surface area contributed by atoms with E-state index in [4.69, 9.17) is 4.74 Å². The van der Waals surface area contributed by atoms with Crippen molar-refractivity contribution < 1.29 is 14.3 Å². The van der Waals surface area contributed by atoms with E-state index in [0.29, 0.717) is 28.0 Å². The molecule has 1 amide bonds. The van der Waals surface area contributed by atoms with Gasteiger partial charge in [0.2, 0.25) is 0 Å². The maximum absolute atomic E-state index is 12.3. The molecule has 0 fully saturated rings. The predicted octanol–water partition coefficient (Wildman–Crippen LogP) is 2.97. The first-order valence-corrected chi connectivity index (χ1v) is 8.17. The average molecular weight is 336 g/mol. The fourth-order valence-electron chi connectivity index (χ4n) is 2.12. The summed E-state index contributed by atoms with van der Waals surface area (Å²) in [6.45, 7) is 9.63. The third-order valence-corrected chi connectivity index (χ3v) is 4.18. The van der Waals surface area contributed by atoms with Crippen molar-refractivity contribution in [2.24, 2.45) is 0 Å². The van der Waals surface area contributed by atoms with Crippen LogP contribution in [-0.4, -0.2) is 33.2 Å². The highest BCUT2D eigenvalue weighted by molar-refractivity contribution is 7.17. The molecule has 0 atom stereocenters. The van der Waals surface area contributed by atoms with Crippen LogP contribution in [0.2, 0.25) is 0 Å². The third-order valence-electron chi connectivity index (χ3n) is 3.12. The number of aryl methyl sites for hydroxylation is 2. The highest BCUT2D eigenvalue weighted by Crippen LogP contribution is 2.24. The molecule has 0 saturated carbocycles. The van der Waals surface area contributed by atoms with Gasteiger partial charge in [-0.2, -0.15) is 5.10 Å². The summed E-state index contributed by atoms with van der Waals surface area (Å²) < 4.78 is 6.74. The molecule has 0 aromatic carbocycles. The zero-order valence-corrected chi connectivity index (χ0v) is 14.7. The molecule has 0 spiro atoms. The van der Waals surface area contributed by atoms with E-state index in [9.17, 15) is 9.59 Å². The second kappa shape index (κ2) is 6.91. The summed E-state index contributed by atoms with van der Waals surface area (Å²) in [6, 6.07) is 1.90. The highest BCUT2D eigenvalue weighted by Gasteiger charge is 2.19. The van der Waals surface area contributed by atoms with E-state index in [0.717, 1.165) is 17.0 Å². The molecule has 2 aromatic heterocycles. The van der Waals surface area contributed by atoms with Crippen molar-refractivity contribution in [3.63, 3.8) is 0 Å². The second-order valence-corrected chi connectivity index (χ2v) is 6.32. The normalized spacial score (nSPS) is 10.9. The topological polar surface area (TPSA) is 86.1 Å². The molecule has 0 aliphatic rings. The lowest BCUT2D eigenvalue weighted by molar-refractivity contribution is 0.0531. The molecule has 0 unspecified atom stereocenters. The molecule has 2 rings (SSSR count). The predicted molar refractivity (Wildman–Crippen MR) is 88.1 cm³/mol. The van der Waals surface area contributed by atoms with Crippen LogP contribution in [0, 0.1) is 13.8 Å². The first-order chi connectivity index (χ1) is 10.8. The number of carbonyl (C=O) groups excluding carboxylic acids is 2. The summed E-state index contributed by atoms with van der Waals surface area (Å²) in [4.78, 5) is 28.6. The zero-order chi connectivity index (χ0) is 17.1. The molecule has 0 radical (unpaired) electrons. The van der Waals surface area contributed by atoms with Gasteiger partial charge in [-0.15, -0.1) is 0 Å². The minimum atomic E-state index is -0.428. The van der Waals surface area contributed by atoms with Crippen LogP contribution in [0.5, 0.6) is 0 Å². The third kappa shape index (κ3) is 3.76. The standard InChI is InChI=1S/C15H20N4O3S/c1-6-22-14(21)12-10(5)16-15(23-12)17-13(20)11-7-9(4)19(18-11)8(2)3/h7-8H,6H2,1-5H3,(H,16,17,20). The summed E-state index contributed by atoms with van der Waals surface area (Å²) in [6.07, 6.45) is 0. The average Bonchev–Trinajstić information content (AvgIpc) is 3.02. The van der Waals surface area contributed by atoms with Gasteiger partial charge in [0.25, 0.3) is 5.91 Å². The van der Waals surface area contributed by atoms with Crippen molar-refractivity contribution in [2.45, 2.75) is 40.7 Å². The minimum Gasteiger partial charge on any atom is -0.462 e. The Balaban J connectivity index is 2.16. The molecule has 0 saturated heterocycles. The van der Waals surface area contributed by atoms with Gasteiger partial charge >= 0.3 is 5.97 Å². The van der Waals surface area contributed by atoms with Crippen LogP contribution in [0.15, 0.2) is 6.07 Å². The van der Waals surface area contributed by atoms with Crippen LogP contribution in [0.25, 0.3) is 0 Å². The first kappa shape index (κ1) is 17.1. The lowest BCUT2D eigenvalue weighted by atomic mass is 10.3. The van der Waals surface area contributed by atoms with Gasteiger partial charge in [-0.3, -0.25) is 14.8 Å². The molecule has 124 valence electrons. The SMILES string of the molecule is CCOC(=O)c1sc(NC(=O)c2cc(C)n(C(C)C)n2)nc1C. The lowest BCUT2D eigenvalue weighted by Gasteiger charge is -2.06. The van der Waals surface area contributed by atoms with Gasteiger partial charge in [0.15, 0.2) is 10.8 Å². The number of hydrogen-bond acceptors (Lipinski definition) is 6. The van der Waals surface area contributed by atoms with E-state index in [2.05, 4.69) is 15.4 Å². The van der Waals surface area contributed by atoms with E-state index >= 15 is 0 Å². The van der Waals surface area contributed by atoms with Gasteiger partial charge in [-0.25, -0.2) is 9.78 Å². The number of aromatic nitrogens is 3. The second-order valence-electron chi connectivity index (χ2n) is 5.32. The fourth-order valence-corrected chi connectivity index (χ4v) is 2.97. The van der Waals surface area contributed by atoms with Crippen LogP contribution in [0.1, 0.15) is 58.4 Å². The Labute approximate surface area is 138 Å². The summed E-state index contributed by atoms with van der Waals surface area (Å²) in [5.41, 5.74) is 1.77. The van der Waals surface area contributed by atoms with E-state index in [1.54, 1.807) is 24.6 Å². The Hall–Kier alpha value is -2.22. The zero-order valence-electron chi connectivity index (χ0n) is 13.8. The van der Waals surface area contributed by atoms with Crippen molar-refractivity contribution in [2.75, 3.05) is 11.9 Å². The fraction of sp³-hybridized carbons (Fsp3) is 0.467. The largest absolute Gasteiger partial charge is 0.462 e. The molecule has 7 nitrogen and oxygen atoms in total. The number of thiazole rings is 1. The molecule has 23 heavy (non-hydrogen) atoms. The van der Waals surface area contributed by atoms with Gasteiger partial charge < -0.3 is 4.74 Å². The lowest BCUT2D eigenvalue weighted by Crippen LogP contribution is -2.13. The van der Waals surface area contributed by atoms with Gasteiger partial charge in [-0.05, 0) is 40.7 Å². The molecular weight excluding hydrogens is 316 g/mol. The molecular formula is C15H20N4O3S. The number of nitrogens with zero attached hydrogens (tertiary/aromatic N) is 3. The number of amides is 1. The Kier molecular flexibility index (Phi) is 5.15. The van der Waals surface area contributed by atoms with Gasteiger partial charge in [-0.1, -0.05) is 11.3 Å². The summed E-state index contributed by atoms with van der Waals surface area (Å²) in [7, 11) is 0. The Bertz CT molecular complexity index is 733. The van der Waals surface area contributed by atoms with Crippen LogP contribution in [0.3, 0.4) is 0 Å². The number of esters is 1. The molecule has 2 aromatic rings. The number of ether oxygens (including phenoxy) is 1. The molecule has 1 N–H and O–H groups in total.